The van der Waals surface area contributed by atoms with Crippen LogP contribution in [-0.4, -0.2) is 35.8 Å². The minimum absolute atomic E-state index is 0.0549. The molecule has 22 heavy (non-hydrogen) atoms. The molecule has 2 aliphatic rings. The maximum Gasteiger partial charge on any atom is 0.263 e. The smallest absolute Gasteiger partial charge is 0.263 e. The maximum atomic E-state index is 12.5. The molecule has 0 bridgehead atoms. The zero-order chi connectivity index (χ0) is 15.7. The summed E-state index contributed by atoms with van der Waals surface area (Å²) in [7, 11) is 0. The van der Waals surface area contributed by atoms with E-state index >= 15 is 0 Å². The van der Waals surface area contributed by atoms with Crippen LogP contribution in [0.1, 0.15) is 53.2 Å². The van der Waals surface area contributed by atoms with E-state index in [9.17, 15) is 9.59 Å². The Morgan fingerprint density at radius 1 is 1.32 bits per heavy atom. The van der Waals surface area contributed by atoms with Gasteiger partial charge >= 0.3 is 0 Å². The quantitative estimate of drug-likeness (QED) is 0.931. The van der Waals surface area contributed by atoms with Gasteiger partial charge in [0.1, 0.15) is 0 Å². The Morgan fingerprint density at radius 2 is 2.05 bits per heavy atom. The van der Waals surface area contributed by atoms with E-state index in [1.165, 1.54) is 10.4 Å². The van der Waals surface area contributed by atoms with Crippen molar-refractivity contribution in [3.8, 4) is 0 Å². The number of aryl methyl sites for hydroxylation is 1. The van der Waals surface area contributed by atoms with Gasteiger partial charge in [0.2, 0.25) is 5.91 Å². The summed E-state index contributed by atoms with van der Waals surface area (Å²) in [6.07, 6.45) is 4.83. The van der Waals surface area contributed by atoms with Crippen LogP contribution in [0.3, 0.4) is 0 Å². The lowest BCUT2D eigenvalue weighted by molar-refractivity contribution is -0.125. The Balaban J connectivity index is 1.70. The average molecular weight is 320 g/mol. The molecule has 1 saturated heterocycles. The van der Waals surface area contributed by atoms with E-state index in [-0.39, 0.29) is 23.8 Å². The van der Waals surface area contributed by atoms with E-state index in [1.807, 2.05) is 24.8 Å². The molecule has 0 saturated carbocycles. The largest absolute Gasteiger partial charge is 0.354 e. The van der Waals surface area contributed by atoms with Crippen molar-refractivity contribution in [2.45, 2.75) is 52.0 Å². The van der Waals surface area contributed by atoms with Crippen molar-refractivity contribution in [3.05, 3.63) is 21.4 Å². The standard InChI is InChI=1S/C17H24N2O2S/c1-11(2)18-16(20)12-5-6-14-13(9-12)10-15(22-14)17(21)19-7-3-4-8-19/h10-12H,3-9H2,1-2H3,(H,18,20)/t12-/m1/s1. The second-order valence-corrected chi connectivity index (χ2v) is 7.80. The highest BCUT2D eigenvalue weighted by Crippen LogP contribution is 2.33. The molecule has 1 aliphatic heterocycles. The predicted octanol–water partition coefficient (Wildman–Crippen LogP) is 2.61. The zero-order valence-electron chi connectivity index (χ0n) is 13.4. The molecule has 0 spiro atoms. The summed E-state index contributed by atoms with van der Waals surface area (Å²) in [5, 5.41) is 3.01. The van der Waals surface area contributed by atoms with E-state index in [1.54, 1.807) is 11.3 Å². The van der Waals surface area contributed by atoms with Crippen molar-refractivity contribution in [3.63, 3.8) is 0 Å². The molecule has 1 aromatic rings. The fourth-order valence-corrected chi connectivity index (χ4v) is 4.51. The lowest BCUT2D eigenvalue weighted by Gasteiger charge is -2.22. The van der Waals surface area contributed by atoms with Crippen LogP contribution in [0, 0.1) is 5.92 Å². The number of amides is 2. The number of hydrogen-bond acceptors (Lipinski definition) is 3. The summed E-state index contributed by atoms with van der Waals surface area (Å²) < 4.78 is 0. The fourth-order valence-electron chi connectivity index (χ4n) is 3.33. The molecule has 1 fully saturated rings. The topological polar surface area (TPSA) is 49.4 Å². The van der Waals surface area contributed by atoms with E-state index in [0.717, 1.165) is 50.1 Å². The monoisotopic (exact) mass is 320 g/mol. The van der Waals surface area contributed by atoms with Gasteiger partial charge in [-0.15, -0.1) is 11.3 Å². The lowest BCUT2D eigenvalue weighted by atomic mass is 9.87. The van der Waals surface area contributed by atoms with Gasteiger partial charge in [-0.2, -0.15) is 0 Å². The fraction of sp³-hybridized carbons (Fsp3) is 0.647. The summed E-state index contributed by atoms with van der Waals surface area (Å²) in [6.45, 7) is 5.76. The average Bonchev–Trinajstić information content (AvgIpc) is 3.14. The molecular formula is C17H24N2O2S. The molecule has 120 valence electrons. The van der Waals surface area contributed by atoms with E-state index in [0.29, 0.717) is 0 Å². The molecule has 0 unspecified atom stereocenters. The van der Waals surface area contributed by atoms with Gasteiger partial charge in [0.15, 0.2) is 0 Å². The third kappa shape index (κ3) is 3.19. The third-order valence-corrected chi connectivity index (χ3v) is 5.71. The number of likely N-dealkylation sites (tertiary alicyclic amines) is 1. The molecule has 1 aliphatic carbocycles. The van der Waals surface area contributed by atoms with Crippen LogP contribution >= 0.6 is 11.3 Å². The van der Waals surface area contributed by atoms with Crippen LogP contribution < -0.4 is 5.32 Å². The highest BCUT2D eigenvalue weighted by molar-refractivity contribution is 7.14. The SMILES string of the molecule is CC(C)NC(=O)[C@@H]1CCc2sc(C(=O)N3CCCC3)cc2C1. The summed E-state index contributed by atoms with van der Waals surface area (Å²) in [5.74, 6) is 0.388. The van der Waals surface area contributed by atoms with Crippen LogP contribution in [0.25, 0.3) is 0 Å². The molecule has 3 rings (SSSR count). The van der Waals surface area contributed by atoms with Gasteiger partial charge in [0, 0.05) is 29.9 Å². The number of rotatable bonds is 3. The first-order valence-electron chi connectivity index (χ1n) is 8.26. The molecule has 1 N–H and O–H groups in total. The van der Waals surface area contributed by atoms with E-state index < -0.39 is 0 Å². The van der Waals surface area contributed by atoms with E-state index in [2.05, 4.69) is 5.32 Å². The van der Waals surface area contributed by atoms with Crippen molar-refractivity contribution in [1.82, 2.24) is 10.2 Å². The van der Waals surface area contributed by atoms with Crippen LogP contribution in [0.5, 0.6) is 0 Å². The van der Waals surface area contributed by atoms with Gasteiger partial charge in [-0.1, -0.05) is 0 Å². The first-order chi connectivity index (χ1) is 10.5. The Bertz CT molecular complexity index is 573. The first-order valence-corrected chi connectivity index (χ1v) is 9.07. The molecule has 4 nitrogen and oxygen atoms in total. The molecule has 1 atom stereocenters. The second-order valence-electron chi connectivity index (χ2n) is 6.66. The Kier molecular flexibility index (Phi) is 4.52. The van der Waals surface area contributed by atoms with Gasteiger partial charge in [0.05, 0.1) is 4.88 Å². The van der Waals surface area contributed by atoms with Gasteiger partial charge in [-0.3, -0.25) is 9.59 Å². The predicted molar refractivity (Wildman–Crippen MR) is 88.3 cm³/mol. The van der Waals surface area contributed by atoms with Gasteiger partial charge in [0.25, 0.3) is 5.91 Å². The minimum atomic E-state index is 0.0549. The molecule has 5 heteroatoms. The van der Waals surface area contributed by atoms with E-state index in [4.69, 9.17) is 0 Å². The van der Waals surface area contributed by atoms with Gasteiger partial charge in [-0.25, -0.2) is 0 Å². The molecular weight excluding hydrogens is 296 g/mol. The van der Waals surface area contributed by atoms with Gasteiger partial charge < -0.3 is 10.2 Å². The number of fused-ring (bicyclic) bond motifs is 1. The molecule has 0 radical (unpaired) electrons. The normalized spacial score (nSPS) is 21.0. The van der Waals surface area contributed by atoms with Crippen LogP contribution in [0.4, 0.5) is 0 Å². The number of nitrogens with one attached hydrogen (secondary N) is 1. The van der Waals surface area contributed by atoms with Crippen molar-refractivity contribution in [2.24, 2.45) is 5.92 Å². The Labute approximate surface area is 135 Å². The molecule has 2 heterocycles. The number of carbonyl (C=O) groups is 2. The van der Waals surface area contributed by atoms with Crippen molar-refractivity contribution in [1.29, 1.82) is 0 Å². The Morgan fingerprint density at radius 3 is 2.73 bits per heavy atom. The third-order valence-electron chi connectivity index (χ3n) is 4.49. The number of carbonyl (C=O) groups excluding carboxylic acids is 2. The van der Waals surface area contributed by atoms with Crippen molar-refractivity contribution >= 4 is 23.2 Å². The summed E-state index contributed by atoms with van der Waals surface area (Å²) in [5.41, 5.74) is 1.21. The summed E-state index contributed by atoms with van der Waals surface area (Å²) in [4.78, 5) is 28.8. The molecule has 1 aromatic heterocycles. The van der Waals surface area contributed by atoms with Crippen LogP contribution in [0.2, 0.25) is 0 Å². The number of thiophene rings is 1. The summed E-state index contributed by atoms with van der Waals surface area (Å²) >= 11 is 1.64. The maximum absolute atomic E-state index is 12.5. The molecule has 0 aromatic carbocycles. The Hall–Kier alpha value is -1.36. The second kappa shape index (κ2) is 6.41. The molecule has 2 amide bonds. The van der Waals surface area contributed by atoms with Crippen LogP contribution in [0.15, 0.2) is 6.07 Å². The minimum Gasteiger partial charge on any atom is -0.354 e. The lowest BCUT2D eigenvalue weighted by Crippen LogP contribution is -2.37. The van der Waals surface area contributed by atoms with Crippen molar-refractivity contribution < 1.29 is 9.59 Å². The van der Waals surface area contributed by atoms with Crippen LogP contribution in [-0.2, 0) is 17.6 Å². The zero-order valence-corrected chi connectivity index (χ0v) is 14.2. The van der Waals surface area contributed by atoms with Crippen molar-refractivity contribution in [2.75, 3.05) is 13.1 Å². The number of nitrogens with zero attached hydrogens (tertiary/aromatic N) is 1. The summed E-state index contributed by atoms with van der Waals surface area (Å²) in [6, 6.07) is 2.22. The van der Waals surface area contributed by atoms with Gasteiger partial charge in [-0.05, 0) is 57.6 Å². The first kappa shape index (κ1) is 15.5. The highest BCUT2D eigenvalue weighted by Gasteiger charge is 2.29. The number of hydrogen-bond donors (Lipinski definition) is 1. The highest BCUT2D eigenvalue weighted by atomic mass is 32.1.